The molecule has 102 valence electrons. The summed E-state index contributed by atoms with van der Waals surface area (Å²) in [5, 5.41) is 11.9. The summed E-state index contributed by atoms with van der Waals surface area (Å²) in [5.74, 6) is 0.891. The zero-order valence-electron chi connectivity index (χ0n) is 10.9. The third kappa shape index (κ3) is 12.0. The lowest BCUT2D eigenvalue weighted by atomic mass is 10.0. The molecule has 0 rings (SSSR count). The highest BCUT2D eigenvalue weighted by molar-refractivity contribution is 14.0. The summed E-state index contributed by atoms with van der Waals surface area (Å²) in [4.78, 5) is 4.26. The average molecular weight is 355 g/mol. The molecule has 4 N–H and O–H groups in total. The van der Waals surface area contributed by atoms with Gasteiger partial charge in [0, 0.05) is 19.7 Å². The maximum absolute atomic E-state index is 8.90. The Bertz CT molecular complexity index is 226. The molecule has 0 heterocycles. The number of nitrogens with zero attached hydrogens (tertiary/aromatic N) is 1. The van der Waals surface area contributed by atoms with Crippen molar-refractivity contribution in [1.29, 1.82) is 0 Å². The Balaban J connectivity index is 0. The van der Waals surface area contributed by atoms with Crippen LogP contribution in [0.2, 0.25) is 0 Å². The normalized spacial score (nSPS) is 12.8. The molecule has 1 atom stereocenters. The lowest BCUT2D eigenvalue weighted by Crippen LogP contribution is -2.33. The van der Waals surface area contributed by atoms with E-state index in [4.69, 9.17) is 10.8 Å². The van der Waals surface area contributed by atoms with Crippen LogP contribution in [0.15, 0.2) is 17.1 Å². The van der Waals surface area contributed by atoms with E-state index in [9.17, 15) is 0 Å². The second kappa shape index (κ2) is 12.2. The molecule has 0 fully saturated rings. The van der Waals surface area contributed by atoms with E-state index in [0.717, 1.165) is 24.8 Å². The predicted molar refractivity (Wildman–Crippen MR) is 84.8 cm³/mol. The quantitative estimate of drug-likeness (QED) is 0.270. The zero-order chi connectivity index (χ0) is 12.4. The predicted octanol–water partition coefficient (Wildman–Crippen LogP) is 1.88. The van der Waals surface area contributed by atoms with Crippen LogP contribution in [0.3, 0.4) is 0 Å². The Morgan fingerprint density at radius 2 is 2.12 bits per heavy atom. The summed E-state index contributed by atoms with van der Waals surface area (Å²) < 4.78 is 0. The first-order chi connectivity index (χ1) is 7.60. The highest BCUT2D eigenvalue weighted by Gasteiger charge is 2.06. The lowest BCUT2D eigenvalue weighted by Gasteiger charge is -2.12. The maximum atomic E-state index is 8.90. The Morgan fingerprint density at radius 1 is 1.47 bits per heavy atom. The summed E-state index contributed by atoms with van der Waals surface area (Å²) >= 11 is 0. The van der Waals surface area contributed by atoms with Gasteiger partial charge in [-0.3, -0.25) is 4.99 Å². The SMILES string of the molecule is C=C(C)CNC(N)=NCC(CCC)CCO.I. The number of nitrogens with one attached hydrogen (secondary N) is 1. The molecule has 5 heteroatoms. The molecule has 0 spiro atoms. The number of aliphatic hydroxyl groups is 1. The molecule has 4 nitrogen and oxygen atoms in total. The van der Waals surface area contributed by atoms with Crippen molar-refractivity contribution in [1.82, 2.24) is 5.32 Å². The van der Waals surface area contributed by atoms with Crippen molar-refractivity contribution >= 4 is 29.9 Å². The van der Waals surface area contributed by atoms with Crippen LogP contribution in [-0.4, -0.2) is 30.8 Å². The Hall–Kier alpha value is -0.300. The minimum Gasteiger partial charge on any atom is -0.396 e. The maximum Gasteiger partial charge on any atom is 0.188 e. The molecule has 0 aliphatic heterocycles. The Labute approximate surface area is 122 Å². The third-order valence-corrected chi connectivity index (χ3v) is 2.33. The van der Waals surface area contributed by atoms with Crippen molar-refractivity contribution in [3.8, 4) is 0 Å². The first kappa shape index (κ1) is 19.0. The molecular weight excluding hydrogens is 329 g/mol. The van der Waals surface area contributed by atoms with Gasteiger partial charge in [0.05, 0.1) is 0 Å². The number of rotatable bonds is 8. The van der Waals surface area contributed by atoms with Crippen molar-refractivity contribution in [2.45, 2.75) is 33.1 Å². The van der Waals surface area contributed by atoms with E-state index in [1.807, 2.05) is 6.92 Å². The minimum absolute atomic E-state index is 0. The molecule has 0 bridgehead atoms. The summed E-state index contributed by atoms with van der Waals surface area (Å²) in [6.45, 7) is 9.41. The van der Waals surface area contributed by atoms with Gasteiger partial charge in [0.1, 0.15) is 0 Å². The van der Waals surface area contributed by atoms with E-state index in [1.165, 1.54) is 0 Å². The number of hydrogen-bond donors (Lipinski definition) is 3. The van der Waals surface area contributed by atoms with Crippen molar-refractivity contribution in [3.05, 3.63) is 12.2 Å². The number of guanidine groups is 1. The van der Waals surface area contributed by atoms with E-state index in [2.05, 4.69) is 23.8 Å². The van der Waals surface area contributed by atoms with Gasteiger partial charge in [0.15, 0.2) is 5.96 Å². The average Bonchev–Trinajstić information content (AvgIpc) is 2.23. The van der Waals surface area contributed by atoms with Crippen molar-refractivity contribution < 1.29 is 5.11 Å². The number of aliphatic hydroxyl groups excluding tert-OH is 1. The number of hydrogen-bond acceptors (Lipinski definition) is 2. The second-order valence-corrected chi connectivity index (χ2v) is 4.20. The molecule has 0 aromatic heterocycles. The summed E-state index contributed by atoms with van der Waals surface area (Å²) in [5.41, 5.74) is 6.72. The van der Waals surface area contributed by atoms with Crippen LogP contribution in [0, 0.1) is 5.92 Å². The first-order valence-electron chi connectivity index (χ1n) is 5.89. The monoisotopic (exact) mass is 355 g/mol. The molecule has 0 aromatic carbocycles. The first-order valence-corrected chi connectivity index (χ1v) is 5.89. The molecule has 0 saturated carbocycles. The van der Waals surface area contributed by atoms with Gasteiger partial charge in [-0.1, -0.05) is 25.5 Å². The van der Waals surface area contributed by atoms with Gasteiger partial charge in [-0.25, -0.2) is 0 Å². The number of halogens is 1. The molecule has 0 saturated heterocycles. The van der Waals surface area contributed by atoms with Crippen molar-refractivity contribution in [3.63, 3.8) is 0 Å². The fourth-order valence-corrected chi connectivity index (χ4v) is 1.44. The highest BCUT2D eigenvalue weighted by atomic mass is 127. The van der Waals surface area contributed by atoms with Crippen molar-refractivity contribution in [2.75, 3.05) is 19.7 Å². The Kier molecular flexibility index (Phi) is 13.6. The van der Waals surface area contributed by atoms with Crippen LogP contribution in [0.4, 0.5) is 0 Å². The topological polar surface area (TPSA) is 70.6 Å². The largest absolute Gasteiger partial charge is 0.396 e. The minimum atomic E-state index is 0. The highest BCUT2D eigenvalue weighted by Crippen LogP contribution is 2.10. The van der Waals surface area contributed by atoms with Gasteiger partial charge in [-0.05, 0) is 25.7 Å². The second-order valence-electron chi connectivity index (χ2n) is 4.20. The number of aliphatic imine (C=N–C) groups is 1. The van der Waals surface area contributed by atoms with Crippen LogP contribution in [0.1, 0.15) is 33.1 Å². The van der Waals surface area contributed by atoms with Crippen LogP contribution in [-0.2, 0) is 0 Å². The van der Waals surface area contributed by atoms with E-state index in [0.29, 0.717) is 25.0 Å². The standard InChI is InChI=1S/C12H25N3O.HI/c1-4-5-11(6-7-16)9-15-12(13)14-8-10(2)3;/h11,16H,2,4-9H2,1,3H3,(H3,13,14,15);1H. The van der Waals surface area contributed by atoms with Gasteiger partial charge >= 0.3 is 0 Å². The Morgan fingerprint density at radius 3 is 2.59 bits per heavy atom. The van der Waals surface area contributed by atoms with Gasteiger partial charge < -0.3 is 16.2 Å². The van der Waals surface area contributed by atoms with Crippen LogP contribution < -0.4 is 11.1 Å². The van der Waals surface area contributed by atoms with E-state index in [-0.39, 0.29) is 30.6 Å². The zero-order valence-corrected chi connectivity index (χ0v) is 13.2. The van der Waals surface area contributed by atoms with E-state index < -0.39 is 0 Å². The molecular formula is C12H26IN3O. The summed E-state index contributed by atoms with van der Waals surface area (Å²) in [6, 6.07) is 0. The lowest BCUT2D eigenvalue weighted by molar-refractivity contribution is 0.253. The van der Waals surface area contributed by atoms with Crippen LogP contribution >= 0.6 is 24.0 Å². The molecule has 0 aliphatic rings. The molecule has 0 amide bonds. The smallest absolute Gasteiger partial charge is 0.188 e. The molecule has 17 heavy (non-hydrogen) atoms. The molecule has 1 unspecified atom stereocenters. The van der Waals surface area contributed by atoms with Crippen molar-refractivity contribution in [2.24, 2.45) is 16.6 Å². The summed E-state index contributed by atoms with van der Waals surface area (Å²) in [6.07, 6.45) is 2.99. The van der Waals surface area contributed by atoms with Gasteiger partial charge in [-0.15, -0.1) is 24.0 Å². The van der Waals surface area contributed by atoms with E-state index >= 15 is 0 Å². The fraction of sp³-hybridized carbons (Fsp3) is 0.750. The summed E-state index contributed by atoms with van der Waals surface area (Å²) in [7, 11) is 0. The van der Waals surface area contributed by atoms with E-state index in [1.54, 1.807) is 0 Å². The van der Waals surface area contributed by atoms with Gasteiger partial charge in [0.2, 0.25) is 0 Å². The molecule has 0 radical (unpaired) electrons. The van der Waals surface area contributed by atoms with Gasteiger partial charge in [-0.2, -0.15) is 0 Å². The third-order valence-electron chi connectivity index (χ3n) is 2.33. The fourth-order valence-electron chi connectivity index (χ4n) is 1.44. The molecule has 0 aliphatic carbocycles. The number of nitrogens with two attached hydrogens (primary N) is 1. The van der Waals surface area contributed by atoms with Gasteiger partial charge in [0.25, 0.3) is 0 Å². The van der Waals surface area contributed by atoms with Crippen LogP contribution in [0.5, 0.6) is 0 Å². The molecule has 0 aromatic rings. The van der Waals surface area contributed by atoms with Crippen LogP contribution in [0.25, 0.3) is 0 Å².